The molecule has 29 heavy (non-hydrogen) atoms. The highest BCUT2D eigenvalue weighted by Crippen LogP contribution is 2.22. The van der Waals surface area contributed by atoms with E-state index in [4.69, 9.17) is 10.5 Å². The lowest BCUT2D eigenvalue weighted by molar-refractivity contribution is -0.138. The molecule has 1 saturated carbocycles. The molecule has 2 aliphatic heterocycles. The molecule has 2 saturated heterocycles. The van der Waals surface area contributed by atoms with E-state index in [1.54, 1.807) is 0 Å². The largest absolute Gasteiger partial charge is 0.381 e. The van der Waals surface area contributed by atoms with Gasteiger partial charge in [-0.05, 0) is 31.6 Å². The van der Waals surface area contributed by atoms with Crippen LogP contribution in [0.2, 0.25) is 0 Å². The van der Waals surface area contributed by atoms with E-state index < -0.39 is 6.04 Å². The molecule has 2 amide bonds. The summed E-state index contributed by atoms with van der Waals surface area (Å²) in [7, 11) is 1.95. The third-order valence-electron chi connectivity index (χ3n) is 6.62. The maximum absolute atomic E-state index is 12.7. The van der Waals surface area contributed by atoms with Gasteiger partial charge in [0.05, 0.1) is 12.6 Å². The number of hydrogen-bond acceptors (Lipinski definition) is 5. The van der Waals surface area contributed by atoms with E-state index >= 15 is 0 Å². The van der Waals surface area contributed by atoms with Crippen LogP contribution < -0.4 is 5.73 Å². The summed E-state index contributed by atoms with van der Waals surface area (Å²) in [6, 6.07) is -0.00824. The van der Waals surface area contributed by atoms with E-state index in [9.17, 15) is 9.59 Å². The second kappa shape index (κ2) is 13.0. The Balaban J connectivity index is 0.00000210. The predicted molar refractivity (Wildman–Crippen MR) is 119 cm³/mol. The van der Waals surface area contributed by atoms with E-state index in [1.165, 1.54) is 19.3 Å². The van der Waals surface area contributed by atoms with Crippen molar-refractivity contribution in [2.24, 2.45) is 11.7 Å². The van der Waals surface area contributed by atoms with Crippen LogP contribution in [0, 0.1) is 5.92 Å². The second-order valence-corrected chi connectivity index (χ2v) is 8.37. The van der Waals surface area contributed by atoms with Gasteiger partial charge in [-0.1, -0.05) is 19.3 Å². The average Bonchev–Trinajstić information content (AvgIpc) is 2.74. The minimum atomic E-state index is -0.417. The summed E-state index contributed by atoms with van der Waals surface area (Å²) < 4.78 is 5.37. The molecule has 2 heterocycles. The van der Waals surface area contributed by atoms with Crippen LogP contribution >= 0.6 is 24.8 Å². The molecule has 0 bridgehead atoms. The van der Waals surface area contributed by atoms with Crippen molar-refractivity contribution >= 4 is 36.6 Å². The minimum Gasteiger partial charge on any atom is -0.381 e. The molecular weight excluding hydrogens is 415 g/mol. The van der Waals surface area contributed by atoms with Gasteiger partial charge in [0.2, 0.25) is 11.8 Å². The van der Waals surface area contributed by atoms with Gasteiger partial charge in [0, 0.05) is 52.5 Å². The summed E-state index contributed by atoms with van der Waals surface area (Å²) in [5.74, 6) is 0.503. The first kappa shape index (κ1) is 26.4. The molecule has 0 radical (unpaired) electrons. The fourth-order valence-electron chi connectivity index (χ4n) is 4.59. The second-order valence-electron chi connectivity index (χ2n) is 8.37. The minimum absolute atomic E-state index is 0. The molecular formula is C20H38Cl2N4O3. The zero-order valence-electron chi connectivity index (χ0n) is 17.6. The molecule has 9 heteroatoms. The van der Waals surface area contributed by atoms with Gasteiger partial charge in [-0.2, -0.15) is 0 Å². The van der Waals surface area contributed by atoms with Crippen molar-refractivity contribution in [2.45, 2.75) is 57.0 Å². The number of piperazine rings is 1. The third-order valence-corrected chi connectivity index (χ3v) is 6.62. The highest BCUT2D eigenvalue weighted by atomic mass is 35.5. The molecule has 1 atom stereocenters. The summed E-state index contributed by atoms with van der Waals surface area (Å²) in [6.45, 7) is 4.69. The van der Waals surface area contributed by atoms with E-state index in [0.29, 0.717) is 38.9 Å². The lowest BCUT2D eigenvalue weighted by Gasteiger charge is -2.38. The highest BCUT2D eigenvalue weighted by molar-refractivity contribution is 5.85. The van der Waals surface area contributed by atoms with Crippen LogP contribution in [-0.2, 0) is 14.3 Å². The fourth-order valence-corrected chi connectivity index (χ4v) is 4.59. The molecule has 3 rings (SSSR count). The normalized spacial score (nSPS) is 22.9. The topological polar surface area (TPSA) is 79.1 Å². The molecule has 1 unspecified atom stereocenters. The van der Waals surface area contributed by atoms with E-state index in [1.807, 2.05) is 16.8 Å². The zero-order valence-corrected chi connectivity index (χ0v) is 19.2. The molecule has 0 spiro atoms. The van der Waals surface area contributed by atoms with Gasteiger partial charge in [-0.15, -0.1) is 24.8 Å². The smallest absolute Gasteiger partial charge is 0.239 e. The molecule has 170 valence electrons. The van der Waals surface area contributed by atoms with Crippen molar-refractivity contribution in [1.82, 2.24) is 14.7 Å². The number of nitrogens with zero attached hydrogens (tertiary/aromatic N) is 3. The highest BCUT2D eigenvalue weighted by Gasteiger charge is 2.32. The standard InChI is InChI=1S/C20H36N4O3.2ClH/c1-22(17-5-3-2-4-6-17)18(25)15-23-9-11-24(12-10-23)20(26)19(21)16-7-13-27-14-8-16;;/h16-17,19H,2-15,21H2,1H3;2*1H. The Hall–Kier alpha value is -0.600. The monoisotopic (exact) mass is 452 g/mol. The van der Waals surface area contributed by atoms with Crippen LogP contribution in [0.1, 0.15) is 44.9 Å². The Labute approximate surface area is 187 Å². The third kappa shape index (κ3) is 7.24. The molecule has 3 fully saturated rings. The zero-order chi connectivity index (χ0) is 19.2. The molecule has 0 aromatic rings. The Bertz CT molecular complexity index is 506. The van der Waals surface area contributed by atoms with Gasteiger partial charge in [0.25, 0.3) is 0 Å². The summed E-state index contributed by atoms with van der Waals surface area (Å²) in [5, 5.41) is 0. The predicted octanol–water partition coefficient (Wildman–Crippen LogP) is 1.52. The Morgan fingerprint density at radius 2 is 1.59 bits per heavy atom. The first-order valence-corrected chi connectivity index (χ1v) is 10.7. The van der Waals surface area contributed by atoms with E-state index in [2.05, 4.69) is 4.90 Å². The Morgan fingerprint density at radius 3 is 2.17 bits per heavy atom. The summed E-state index contributed by atoms with van der Waals surface area (Å²) in [5.41, 5.74) is 6.24. The lowest BCUT2D eigenvalue weighted by Crippen LogP contribution is -2.56. The Morgan fingerprint density at radius 1 is 1.00 bits per heavy atom. The number of carbonyl (C=O) groups excluding carboxylic acids is 2. The number of rotatable bonds is 5. The van der Waals surface area contributed by atoms with Crippen molar-refractivity contribution in [3.63, 3.8) is 0 Å². The first-order valence-electron chi connectivity index (χ1n) is 10.7. The summed E-state index contributed by atoms with van der Waals surface area (Å²) >= 11 is 0. The van der Waals surface area contributed by atoms with Gasteiger partial charge in [0.15, 0.2) is 0 Å². The number of hydrogen-bond donors (Lipinski definition) is 1. The molecule has 3 aliphatic rings. The van der Waals surface area contributed by atoms with Crippen LogP contribution in [0.4, 0.5) is 0 Å². The SMILES string of the molecule is CN(C(=O)CN1CCN(C(=O)C(N)C2CCOCC2)CC1)C1CCCCC1.Cl.Cl. The van der Waals surface area contributed by atoms with Crippen LogP contribution in [0.25, 0.3) is 0 Å². The van der Waals surface area contributed by atoms with Gasteiger partial charge in [-0.3, -0.25) is 14.5 Å². The summed E-state index contributed by atoms with van der Waals surface area (Å²) in [4.78, 5) is 31.3. The van der Waals surface area contributed by atoms with Crippen molar-refractivity contribution in [1.29, 1.82) is 0 Å². The van der Waals surface area contributed by atoms with Crippen molar-refractivity contribution in [3.05, 3.63) is 0 Å². The number of amides is 2. The number of likely N-dealkylation sites (N-methyl/N-ethyl adjacent to an activating group) is 1. The van der Waals surface area contributed by atoms with E-state index in [-0.39, 0.29) is 42.5 Å². The van der Waals surface area contributed by atoms with Crippen LogP contribution in [0.3, 0.4) is 0 Å². The quantitative estimate of drug-likeness (QED) is 0.683. The molecule has 7 nitrogen and oxygen atoms in total. The number of carbonyl (C=O) groups is 2. The molecule has 1 aliphatic carbocycles. The number of ether oxygens (including phenoxy) is 1. The Kier molecular flexibility index (Phi) is 11.8. The van der Waals surface area contributed by atoms with Gasteiger partial charge in [-0.25, -0.2) is 0 Å². The molecule has 0 aromatic carbocycles. The molecule has 0 aromatic heterocycles. The van der Waals surface area contributed by atoms with Gasteiger partial charge >= 0.3 is 0 Å². The van der Waals surface area contributed by atoms with Gasteiger partial charge in [0.1, 0.15) is 0 Å². The molecule has 2 N–H and O–H groups in total. The average molecular weight is 453 g/mol. The number of nitrogens with two attached hydrogens (primary N) is 1. The van der Waals surface area contributed by atoms with Crippen molar-refractivity contribution in [2.75, 3.05) is 53.0 Å². The number of halogens is 2. The maximum atomic E-state index is 12.7. The van der Waals surface area contributed by atoms with Crippen LogP contribution in [-0.4, -0.2) is 91.6 Å². The summed E-state index contributed by atoms with van der Waals surface area (Å²) in [6.07, 6.45) is 7.77. The van der Waals surface area contributed by atoms with Crippen LogP contribution in [0.15, 0.2) is 0 Å². The van der Waals surface area contributed by atoms with Crippen LogP contribution in [0.5, 0.6) is 0 Å². The van der Waals surface area contributed by atoms with Crippen molar-refractivity contribution in [3.8, 4) is 0 Å². The first-order chi connectivity index (χ1) is 13.1. The fraction of sp³-hybridized carbons (Fsp3) is 0.900. The van der Waals surface area contributed by atoms with Gasteiger partial charge < -0.3 is 20.3 Å². The van der Waals surface area contributed by atoms with Crippen molar-refractivity contribution < 1.29 is 14.3 Å². The maximum Gasteiger partial charge on any atom is 0.239 e. The lowest BCUT2D eigenvalue weighted by atomic mass is 9.91. The van der Waals surface area contributed by atoms with E-state index in [0.717, 1.165) is 38.8 Å².